The number of hydrogen-bond acceptors (Lipinski definition) is 4. The molecule has 0 bridgehead atoms. The molecule has 1 aromatic rings. The Kier molecular flexibility index (Phi) is 4.68. The van der Waals surface area contributed by atoms with E-state index in [1.54, 1.807) is 26.4 Å². The number of ketones is 1. The van der Waals surface area contributed by atoms with E-state index in [1.807, 2.05) is 13.2 Å². The number of rotatable bonds is 5. The first-order valence-electron chi connectivity index (χ1n) is 4.89. The molecule has 4 heteroatoms. The van der Waals surface area contributed by atoms with Crippen molar-refractivity contribution < 1.29 is 14.3 Å². The van der Waals surface area contributed by atoms with Crippen LogP contribution in [-0.2, 0) is 0 Å². The van der Waals surface area contributed by atoms with Crippen LogP contribution in [0.3, 0.4) is 0 Å². The summed E-state index contributed by atoms with van der Waals surface area (Å²) in [4.78, 5) is 11.8. The maximum absolute atomic E-state index is 11.8. The number of benzene rings is 1. The highest BCUT2D eigenvalue weighted by Gasteiger charge is 2.16. The summed E-state index contributed by atoms with van der Waals surface area (Å²) in [5.74, 6) is 1.88. The van der Waals surface area contributed by atoms with Gasteiger partial charge in [0.2, 0.25) is 0 Å². The third kappa shape index (κ3) is 2.50. The lowest BCUT2D eigenvalue weighted by Crippen LogP contribution is -2.06. The molecule has 0 aromatic heterocycles. The minimum atomic E-state index is 0.0788. The summed E-state index contributed by atoms with van der Waals surface area (Å²) < 4.78 is 10.5. The lowest BCUT2D eigenvalue weighted by atomic mass is 10.1. The quantitative estimate of drug-likeness (QED) is 0.741. The molecule has 0 saturated heterocycles. The van der Waals surface area contributed by atoms with E-state index in [9.17, 15) is 4.79 Å². The molecule has 0 aliphatic carbocycles. The summed E-state index contributed by atoms with van der Waals surface area (Å²) in [7, 11) is 3.17. The highest BCUT2D eigenvalue weighted by molar-refractivity contribution is 7.99. The second kappa shape index (κ2) is 5.80. The predicted octanol–water partition coefficient (Wildman–Crippen LogP) is 2.56. The molecule has 1 aromatic carbocycles. The molecule has 0 saturated carbocycles. The number of methoxy groups -OCH3 is 2. The lowest BCUT2D eigenvalue weighted by molar-refractivity contribution is 0.101. The topological polar surface area (TPSA) is 35.5 Å². The highest BCUT2D eigenvalue weighted by atomic mass is 32.2. The molecule has 0 radical (unpaired) electrons. The van der Waals surface area contributed by atoms with Crippen LogP contribution in [-0.4, -0.2) is 32.0 Å². The Hall–Kier alpha value is -1.16. The van der Waals surface area contributed by atoms with E-state index in [2.05, 4.69) is 0 Å². The van der Waals surface area contributed by atoms with Crippen molar-refractivity contribution in [1.29, 1.82) is 0 Å². The molecule has 0 aliphatic heterocycles. The van der Waals surface area contributed by atoms with Crippen LogP contribution in [0.25, 0.3) is 0 Å². The van der Waals surface area contributed by atoms with Crippen molar-refractivity contribution in [1.82, 2.24) is 0 Å². The van der Waals surface area contributed by atoms with Gasteiger partial charge < -0.3 is 9.47 Å². The summed E-state index contributed by atoms with van der Waals surface area (Å²) in [6.07, 6.45) is 1.90. The SMILES string of the molecule is COc1ccc(C(=O)CSC)c(OC)c1C. The van der Waals surface area contributed by atoms with Gasteiger partial charge in [0.25, 0.3) is 0 Å². The highest BCUT2D eigenvalue weighted by Crippen LogP contribution is 2.31. The van der Waals surface area contributed by atoms with Crippen LogP contribution in [0.1, 0.15) is 15.9 Å². The molecule has 0 unspecified atom stereocenters. The van der Waals surface area contributed by atoms with Crippen molar-refractivity contribution in [2.45, 2.75) is 6.92 Å². The first-order valence-corrected chi connectivity index (χ1v) is 6.28. The molecule has 0 amide bonds. The number of thioether (sulfide) groups is 1. The van der Waals surface area contributed by atoms with E-state index in [0.29, 0.717) is 17.1 Å². The lowest BCUT2D eigenvalue weighted by Gasteiger charge is -2.13. The Balaban J connectivity index is 3.20. The van der Waals surface area contributed by atoms with Crippen LogP contribution in [0.2, 0.25) is 0 Å². The van der Waals surface area contributed by atoms with E-state index in [4.69, 9.17) is 9.47 Å². The summed E-state index contributed by atoms with van der Waals surface area (Å²) in [5, 5.41) is 0. The molecular formula is C12H16O3S. The van der Waals surface area contributed by atoms with Crippen molar-refractivity contribution in [3.8, 4) is 11.5 Å². The van der Waals surface area contributed by atoms with Crippen molar-refractivity contribution in [3.05, 3.63) is 23.3 Å². The van der Waals surface area contributed by atoms with Crippen LogP contribution in [0.15, 0.2) is 12.1 Å². The largest absolute Gasteiger partial charge is 0.496 e. The van der Waals surface area contributed by atoms with E-state index in [1.165, 1.54) is 11.8 Å². The Morgan fingerprint density at radius 3 is 2.50 bits per heavy atom. The van der Waals surface area contributed by atoms with Crippen LogP contribution in [0.5, 0.6) is 11.5 Å². The summed E-state index contributed by atoms with van der Waals surface area (Å²) >= 11 is 1.50. The molecule has 0 spiro atoms. The molecule has 88 valence electrons. The molecule has 0 atom stereocenters. The van der Waals surface area contributed by atoms with Gasteiger partial charge in [0.05, 0.1) is 25.5 Å². The van der Waals surface area contributed by atoms with Crippen molar-refractivity contribution >= 4 is 17.5 Å². The van der Waals surface area contributed by atoms with Crippen LogP contribution in [0, 0.1) is 6.92 Å². The molecule has 3 nitrogen and oxygen atoms in total. The molecule has 16 heavy (non-hydrogen) atoms. The third-order valence-corrected chi connectivity index (χ3v) is 2.91. The Morgan fingerprint density at radius 2 is 2.00 bits per heavy atom. The monoisotopic (exact) mass is 240 g/mol. The summed E-state index contributed by atoms with van der Waals surface area (Å²) in [6, 6.07) is 3.55. The average molecular weight is 240 g/mol. The molecular weight excluding hydrogens is 224 g/mol. The molecule has 0 heterocycles. The number of ether oxygens (including phenoxy) is 2. The van der Waals surface area contributed by atoms with Crippen LogP contribution < -0.4 is 9.47 Å². The van der Waals surface area contributed by atoms with E-state index < -0.39 is 0 Å². The first-order chi connectivity index (χ1) is 7.65. The Labute approximate surface area is 100 Å². The molecule has 0 fully saturated rings. The van der Waals surface area contributed by atoms with Crippen LogP contribution >= 0.6 is 11.8 Å². The number of Topliss-reactive ketones (excluding diaryl/α,β-unsaturated/α-hetero) is 1. The van der Waals surface area contributed by atoms with Crippen molar-refractivity contribution in [2.24, 2.45) is 0 Å². The van der Waals surface area contributed by atoms with Gasteiger partial charge in [-0.1, -0.05) is 0 Å². The van der Waals surface area contributed by atoms with Gasteiger partial charge in [0.15, 0.2) is 5.78 Å². The van der Waals surface area contributed by atoms with Crippen molar-refractivity contribution in [2.75, 3.05) is 26.2 Å². The minimum Gasteiger partial charge on any atom is -0.496 e. The fourth-order valence-corrected chi connectivity index (χ4v) is 2.00. The second-order valence-corrected chi connectivity index (χ2v) is 4.20. The normalized spacial score (nSPS) is 10.0. The molecule has 0 aliphatic rings. The zero-order valence-corrected chi connectivity index (χ0v) is 10.8. The van der Waals surface area contributed by atoms with Gasteiger partial charge >= 0.3 is 0 Å². The minimum absolute atomic E-state index is 0.0788. The number of hydrogen-bond donors (Lipinski definition) is 0. The average Bonchev–Trinajstić information content (AvgIpc) is 2.28. The van der Waals surface area contributed by atoms with Gasteiger partial charge in [-0.2, -0.15) is 11.8 Å². The van der Waals surface area contributed by atoms with Crippen LogP contribution in [0.4, 0.5) is 0 Å². The van der Waals surface area contributed by atoms with Crippen molar-refractivity contribution in [3.63, 3.8) is 0 Å². The van der Waals surface area contributed by atoms with Gasteiger partial charge in [0, 0.05) is 5.56 Å². The fraction of sp³-hybridized carbons (Fsp3) is 0.417. The first kappa shape index (κ1) is 12.9. The van der Waals surface area contributed by atoms with Gasteiger partial charge in [-0.25, -0.2) is 0 Å². The number of carbonyl (C=O) groups is 1. The standard InChI is InChI=1S/C12H16O3S/c1-8-11(14-2)6-5-9(12(8)15-3)10(13)7-16-4/h5-6H,7H2,1-4H3. The van der Waals surface area contributed by atoms with Gasteiger partial charge in [-0.3, -0.25) is 4.79 Å². The fourth-order valence-electron chi connectivity index (χ4n) is 1.59. The summed E-state index contributed by atoms with van der Waals surface area (Å²) in [5.41, 5.74) is 1.48. The zero-order valence-electron chi connectivity index (χ0n) is 9.99. The Bertz CT molecular complexity index is 388. The maximum Gasteiger partial charge on any atom is 0.176 e. The smallest absolute Gasteiger partial charge is 0.176 e. The van der Waals surface area contributed by atoms with E-state index in [0.717, 1.165) is 11.3 Å². The zero-order chi connectivity index (χ0) is 12.1. The van der Waals surface area contributed by atoms with Gasteiger partial charge in [-0.15, -0.1) is 0 Å². The van der Waals surface area contributed by atoms with Gasteiger partial charge in [-0.05, 0) is 25.3 Å². The molecule has 1 rings (SSSR count). The Morgan fingerprint density at radius 1 is 1.31 bits per heavy atom. The maximum atomic E-state index is 11.8. The van der Waals surface area contributed by atoms with E-state index >= 15 is 0 Å². The number of carbonyl (C=O) groups excluding carboxylic acids is 1. The second-order valence-electron chi connectivity index (χ2n) is 3.33. The van der Waals surface area contributed by atoms with E-state index in [-0.39, 0.29) is 5.78 Å². The third-order valence-electron chi connectivity index (χ3n) is 2.36. The van der Waals surface area contributed by atoms with Gasteiger partial charge in [0.1, 0.15) is 11.5 Å². The summed E-state index contributed by atoms with van der Waals surface area (Å²) in [6.45, 7) is 1.88. The predicted molar refractivity (Wildman–Crippen MR) is 67.0 cm³/mol. The molecule has 0 N–H and O–H groups in total.